The summed E-state index contributed by atoms with van der Waals surface area (Å²) in [6, 6.07) is 0.698. The molecule has 2 aliphatic rings. The minimum Gasteiger partial charge on any atom is -0.352 e. The van der Waals surface area contributed by atoms with Crippen molar-refractivity contribution in [2.75, 3.05) is 19.6 Å². The van der Waals surface area contributed by atoms with E-state index in [9.17, 15) is 4.79 Å². The van der Waals surface area contributed by atoms with Crippen molar-refractivity contribution in [2.45, 2.75) is 58.0 Å². The van der Waals surface area contributed by atoms with Crippen molar-refractivity contribution in [1.29, 1.82) is 0 Å². The summed E-state index contributed by atoms with van der Waals surface area (Å²) in [5.41, 5.74) is 6.01. The number of piperidine rings is 1. The van der Waals surface area contributed by atoms with Gasteiger partial charge in [-0.25, -0.2) is 0 Å². The molecule has 0 aromatic carbocycles. The average Bonchev–Trinajstić information content (AvgIpc) is 2.37. The van der Waals surface area contributed by atoms with E-state index in [0.717, 1.165) is 25.9 Å². The van der Waals surface area contributed by atoms with Crippen molar-refractivity contribution < 1.29 is 4.79 Å². The molecule has 4 unspecified atom stereocenters. The van der Waals surface area contributed by atoms with Gasteiger partial charge in [-0.3, -0.25) is 9.69 Å². The summed E-state index contributed by atoms with van der Waals surface area (Å²) in [5.74, 6) is 1.32. The summed E-state index contributed by atoms with van der Waals surface area (Å²) in [6.45, 7) is 6.89. The molecule has 19 heavy (non-hydrogen) atoms. The van der Waals surface area contributed by atoms with E-state index in [2.05, 4.69) is 24.1 Å². The van der Waals surface area contributed by atoms with Gasteiger partial charge in [0.2, 0.25) is 5.91 Å². The monoisotopic (exact) mass is 267 g/mol. The Labute approximate surface area is 117 Å². The van der Waals surface area contributed by atoms with Crippen molar-refractivity contribution in [3.63, 3.8) is 0 Å². The maximum atomic E-state index is 12.1. The Hall–Kier alpha value is -0.610. The number of hydrogen-bond acceptors (Lipinski definition) is 3. The van der Waals surface area contributed by atoms with E-state index in [-0.39, 0.29) is 5.91 Å². The molecule has 1 saturated carbocycles. The van der Waals surface area contributed by atoms with Crippen molar-refractivity contribution in [2.24, 2.45) is 17.6 Å². The molecule has 3 N–H and O–H groups in total. The van der Waals surface area contributed by atoms with Crippen LogP contribution in [0, 0.1) is 11.8 Å². The van der Waals surface area contributed by atoms with Crippen LogP contribution in [0.3, 0.4) is 0 Å². The zero-order valence-corrected chi connectivity index (χ0v) is 12.4. The van der Waals surface area contributed by atoms with Crippen molar-refractivity contribution in [1.82, 2.24) is 10.2 Å². The Morgan fingerprint density at radius 2 is 1.95 bits per heavy atom. The van der Waals surface area contributed by atoms with Crippen LogP contribution in [0.5, 0.6) is 0 Å². The fourth-order valence-corrected chi connectivity index (χ4v) is 3.38. The molecule has 1 amide bonds. The molecule has 1 aliphatic carbocycles. The molecule has 1 saturated heterocycles. The molecular weight excluding hydrogens is 238 g/mol. The van der Waals surface area contributed by atoms with E-state index in [4.69, 9.17) is 5.73 Å². The fourth-order valence-electron chi connectivity index (χ4n) is 3.38. The van der Waals surface area contributed by atoms with Gasteiger partial charge in [0.05, 0.1) is 6.54 Å². The second kappa shape index (κ2) is 6.71. The van der Waals surface area contributed by atoms with Gasteiger partial charge in [0.15, 0.2) is 0 Å². The maximum Gasteiger partial charge on any atom is 0.234 e. The van der Waals surface area contributed by atoms with Crippen LogP contribution < -0.4 is 11.1 Å². The first kappa shape index (κ1) is 14.8. The van der Waals surface area contributed by atoms with Crippen molar-refractivity contribution >= 4 is 5.91 Å². The van der Waals surface area contributed by atoms with Gasteiger partial charge < -0.3 is 11.1 Å². The number of rotatable bonds is 3. The van der Waals surface area contributed by atoms with Crippen LogP contribution in [0.4, 0.5) is 0 Å². The summed E-state index contributed by atoms with van der Waals surface area (Å²) in [6.07, 6.45) is 5.98. The molecule has 0 aromatic rings. The first-order valence-corrected chi connectivity index (χ1v) is 7.83. The lowest BCUT2D eigenvalue weighted by Gasteiger charge is -2.35. The predicted octanol–water partition coefficient (Wildman–Crippen LogP) is 1.35. The van der Waals surface area contributed by atoms with E-state index >= 15 is 0 Å². The van der Waals surface area contributed by atoms with Crippen LogP contribution in [0.25, 0.3) is 0 Å². The first-order chi connectivity index (χ1) is 9.06. The SMILES string of the molecule is CC1CN(CC(=O)NC2CCCCC2C)CCC1N. The molecule has 1 aliphatic heterocycles. The number of nitrogens with zero attached hydrogens (tertiary/aromatic N) is 1. The van der Waals surface area contributed by atoms with Gasteiger partial charge in [0.1, 0.15) is 0 Å². The van der Waals surface area contributed by atoms with Crippen LogP contribution >= 0.6 is 0 Å². The fraction of sp³-hybridized carbons (Fsp3) is 0.933. The Bertz CT molecular complexity index is 308. The van der Waals surface area contributed by atoms with Gasteiger partial charge in [-0.15, -0.1) is 0 Å². The summed E-state index contributed by atoms with van der Waals surface area (Å²) in [5, 5.41) is 3.23. The van der Waals surface area contributed by atoms with Crippen LogP contribution in [0.15, 0.2) is 0 Å². The standard InChI is InChI=1S/C15H29N3O/c1-11-5-3-4-6-14(11)17-15(19)10-18-8-7-13(16)12(2)9-18/h11-14H,3-10,16H2,1-2H3,(H,17,19). The molecule has 2 fully saturated rings. The topological polar surface area (TPSA) is 58.4 Å². The Balaban J connectivity index is 1.75. The molecular formula is C15H29N3O. The second-order valence-corrected chi connectivity index (χ2v) is 6.60. The van der Waals surface area contributed by atoms with E-state index in [1.165, 1.54) is 19.3 Å². The van der Waals surface area contributed by atoms with E-state index in [1.54, 1.807) is 0 Å². The highest BCUT2D eigenvalue weighted by Crippen LogP contribution is 2.23. The summed E-state index contributed by atoms with van der Waals surface area (Å²) in [7, 11) is 0. The molecule has 2 rings (SSSR count). The zero-order valence-electron chi connectivity index (χ0n) is 12.4. The molecule has 0 spiro atoms. The highest BCUT2D eigenvalue weighted by molar-refractivity contribution is 5.78. The average molecular weight is 267 g/mol. The van der Waals surface area contributed by atoms with Gasteiger partial charge >= 0.3 is 0 Å². The molecule has 110 valence electrons. The van der Waals surface area contributed by atoms with Crippen LogP contribution in [-0.2, 0) is 4.79 Å². The lowest BCUT2D eigenvalue weighted by atomic mass is 9.86. The van der Waals surface area contributed by atoms with Crippen LogP contribution in [0.2, 0.25) is 0 Å². The molecule has 1 heterocycles. The molecule has 0 radical (unpaired) electrons. The molecule has 4 heteroatoms. The predicted molar refractivity (Wildman–Crippen MR) is 77.8 cm³/mol. The Morgan fingerprint density at radius 3 is 2.63 bits per heavy atom. The number of hydrogen-bond donors (Lipinski definition) is 2. The molecule has 4 nitrogen and oxygen atoms in total. The lowest BCUT2D eigenvalue weighted by Crippen LogP contribution is -2.51. The number of nitrogens with one attached hydrogen (secondary N) is 1. The number of likely N-dealkylation sites (tertiary alicyclic amines) is 1. The molecule has 0 bridgehead atoms. The Kier molecular flexibility index (Phi) is 5.22. The van der Waals surface area contributed by atoms with Gasteiger partial charge in [-0.1, -0.05) is 26.7 Å². The molecule has 0 aromatic heterocycles. The van der Waals surface area contributed by atoms with Crippen LogP contribution in [0.1, 0.15) is 46.0 Å². The van der Waals surface area contributed by atoms with Crippen molar-refractivity contribution in [3.8, 4) is 0 Å². The number of carbonyl (C=O) groups is 1. The smallest absolute Gasteiger partial charge is 0.234 e. The third-order valence-corrected chi connectivity index (χ3v) is 4.88. The van der Waals surface area contributed by atoms with Gasteiger partial charge in [0.25, 0.3) is 0 Å². The van der Waals surface area contributed by atoms with Crippen molar-refractivity contribution in [3.05, 3.63) is 0 Å². The normalized spacial score (nSPS) is 37.0. The van der Waals surface area contributed by atoms with E-state index < -0.39 is 0 Å². The first-order valence-electron chi connectivity index (χ1n) is 7.83. The van der Waals surface area contributed by atoms with Gasteiger partial charge in [-0.2, -0.15) is 0 Å². The molecule has 4 atom stereocenters. The highest BCUT2D eigenvalue weighted by atomic mass is 16.2. The van der Waals surface area contributed by atoms with Crippen LogP contribution in [-0.4, -0.2) is 42.5 Å². The zero-order chi connectivity index (χ0) is 13.8. The summed E-state index contributed by atoms with van der Waals surface area (Å²) >= 11 is 0. The third kappa shape index (κ3) is 4.18. The van der Waals surface area contributed by atoms with Gasteiger partial charge in [0, 0.05) is 25.2 Å². The maximum absolute atomic E-state index is 12.1. The highest BCUT2D eigenvalue weighted by Gasteiger charge is 2.26. The number of amides is 1. The second-order valence-electron chi connectivity index (χ2n) is 6.60. The van der Waals surface area contributed by atoms with Gasteiger partial charge in [-0.05, 0) is 31.1 Å². The minimum absolute atomic E-state index is 0.196. The van der Waals surface area contributed by atoms with E-state index in [1.807, 2.05) is 0 Å². The lowest BCUT2D eigenvalue weighted by molar-refractivity contribution is -0.124. The third-order valence-electron chi connectivity index (χ3n) is 4.88. The Morgan fingerprint density at radius 1 is 1.21 bits per heavy atom. The minimum atomic E-state index is 0.196. The number of carbonyl (C=O) groups excluding carboxylic acids is 1. The largest absolute Gasteiger partial charge is 0.352 e. The summed E-state index contributed by atoms with van der Waals surface area (Å²) < 4.78 is 0. The summed E-state index contributed by atoms with van der Waals surface area (Å²) in [4.78, 5) is 14.4. The number of nitrogens with two attached hydrogens (primary N) is 1. The quantitative estimate of drug-likeness (QED) is 0.811. The van der Waals surface area contributed by atoms with E-state index in [0.29, 0.717) is 30.5 Å².